The topological polar surface area (TPSA) is 72.0 Å². The van der Waals surface area contributed by atoms with Crippen LogP contribution in [0.5, 0.6) is 0 Å². The van der Waals surface area contributed by atoms with Crippen molar-refractivity contribution in [2.45, 2.75) is 24.7 Å². The lowest BCUT2D eigenvalue weighted by molar-refractivity contribution is -0.125. The van der Waals surface area contributed by atoms with Crippen LogP contribution in [0.1, 0.15) is 35.7 Å². The molecule has 1 saturated carbocycles. The maximum Gasteiger partial charge on any atom is 0.256 e. The highest BCUT2D eigenvalue weighted by Crippen LogP contribution is 2.56. The molecule has 0 aromatic carbocycles. The fourth-order valence-electron chi connectivity index (χ4n) is 2.21. The molecule has 1 aromatic rings. The summed E-state index contributed by atoms with van der Waals surface area (Å²) in [5.74, 6) is -2.43. The first-order chi connectivity index (χ1) is 9.92. The smallest absolute Gasteiger partial charge is 0.256 e. The molecule has 1 aliphatic carbocycles. The number of ketones is 1. The van der Waals surface area contributed by atoms with Gasteiger partial charge in [0.1, 0.15) is 5.69 Å². The predicted octanol–water partition coefficient (Wildman–Crippen LogP) is 1.01. The standard InChI is InChI=1S/C14H9F2N3O2/c1-2-10-7(9-5-14(9,15)16)3-11(19-18-10)8-6-17-13(21)4-12(8)20/h1,3,6,9H,4-5H2,(H,17,21)/t9-/m0/s1. The Labute approximate surface area is 118 Å². The van der Waals surface area contributed by atoms with Crippen LogP contribution in [0.15, 0.2) is 12.3 Å². The van der Waals surface area contributed by atoms with Crippen molar-refractivity contribution in [3.63, 3.8) is 0 Å². The molecule has 0 spiro atoms. The van der Waals surface area contributed by atoms with Gasteiger partial charge in [-0.15, -0.1) is 16.6 Å². The molecule has 1 fully saturated rings. The van der Waals surface area contributed by atoms with Crippen molar-refractivity contribution in [3.8, 4) is 12.3 Å². The van der Waals surface area contributed by atoms with E-state index in [2.05, 4.69) is 21.4 Å². The number of allylic oxidation sites excluding steroid dienone is 1. The number of rotatable bonds is 2. The molecule has 1 amide bonds. The van der Waals surface area contributed by atoms with E-state index in [9.17, 15) is 18.4 Å². The van der Waals surface area contributed by atoms with Gasteiger partial charge in [0.05, 0.1) is 23.6 Å². The largest absolute Gasteiger partial charge is 0.331 e. The first-order valence-corrected chi connectivity index (χ1v) is 6.17. The maximum absolute atomic E-state index is 13.2. The monoisotopic (exact) mass is 289 g/mol. The Bertz CT molecular complexity index is 734. The minimum atomic E-state index is -2.80. The number of terminal acetylenes is 1. The number of carbonyl (C=O) groups excluding carboxylic acids is 2. The molecule has 3 rings (SSSR count). The lowest BCUT2D eigenvalue weighted by Gasteiger charge is -2.12. The summed E-state index contributed by atoms with van der Waals surface area (Å²) in [7, 11) is 0. The molecule has 5 nitrogen and oxygen atoms in total. The molecule has 0 bridgehead atoms. The van der Waals surface area contributed by atoms with E-state index in [1.54, 1.807) is 0 Å². The number of aromatic nitrogens is 2. The molecule has 106 valence electrons. The molecule has 1 N–H and O–H groups in total. The fourth-order valence-corrected chi connectivity index (χ4v) is 2.21. The summed E-state index contributed by atoms with van der Waals surface area (Å²) >= 11 is 0. The van der Waals surface area contributed by atoms with E-state index < -0.39 is 23.5 Å². The third-order valence-electron chi connectivity index (χ3n) is 3.44. The van der Waals surface area contributed by atoms with Gasteiger partial charge in [-0.1, -0.05) is 0 Å². The third-order valence-corrected chi connectivity index (χ3v) is 3.44. The van der Waals surface area contributed by atoms with Crippen LogP contribution in [-0.2, 0) is 9.59 Å². The number of alkyl halides is 2. The number of hydrogen-bond acceptors (Lipinski definition) is 4. The summed E-state index contributed by atoms with van der Waals surface area (Å²) < 4.78 is 26.5. The predicted molar refractivity (Wildman–Crippen MR) is 68.0 cm³/mol. The van der Waals surface area contributed by atoms with Gasteiger partial charge in [-0.05, 0) is 17.6 Å². The Hall–Kier alpha value is -2.62. The van der Waals surface area contributed by atoms with Crippen LogP contribution in [-0.4, -0.2) is 27.8 Å². The van der Waals surface area contributed by atoms with Gasteiger partial charge in [-0.25, -0.2) is 8.78 Å². The first kappa shape index (κ1) is 13.4. The van der Waals surface area contributed by atoms with Gasteiger partial charge in [0.15, 0.2) is 5.78 Å². The molecule has 1 aromatic heterocycles. The number of carbonyl (C=O) groups is 2. The quantitative estimate of drug-likeness (QED) is 0.651. The minimum absolute atomic E-state index is 0.0498. The fraction of sp³-hybridized carbons (Fsp3) is 0.286. The van der Waals surface area contributed by atoms with Crippen molar-refractivity contribution < 1.29 is 18.4 Å². The number of amides is 1. The van der Waals surface area contributed by atoms with Crippen LogP contribution in [0.4, 0.5) is 8.78 Å². The highest BCUT2D eigenvalue weighted by Gasteiger charge is 2.58. The molecule has 0 unspecified atom stereocenters. The molecule has 2 aliphatic rings. The van der Waals surface area contributed by atoms with Crippen LogP contribution in [0, 0.1) is 12.3 Å². The van der Waals surface area contributed by atoms with Crippen molar-refractivity contribution in [1.82, 2.24) is 15.5 Å². The molecule has 0 saturated heterocycles. The van der Waals surface area contributed by atoms with E-state index in [4.69, 9.17) is 6.42 Å². The Morgan fingerprint density at radius 2 is 2.10 bits per heavy atom. The summed E-state index contributed by atoms with van der Waals surface area (Å²) in [6, 6.07) is 1.36. The van der Waals surface area contributed by atoms with E-state index in [0.29, 0.717) is 0 Å². The van der Waals surface area contributed by atoms with Gasteiger partial charge in [0, 0.05) is 12.6 Å². The number of nitrogens with one attached hydrogen (secondary N) is 1. The Morgan fingerprint density at radius 3 is 2.67 bits per heavy atom. The summed E-state index contributed by atoms with van der Waals surface area (Å²) in [4.78, 5) is 22.9. The second-order valence-electron chi connectivity index (χ2n) is 4.92. The van der Waals surface area contributed by atoms with E-state index in [0.717, 1.165) is 0 Å². The van der Waals surface area contributed by atoms with Gasteiger partial charge < -0.3 is 5.32 Å². The van der Waals surface area contributed by atoms with E-state index >= 15 is 0 Å². The molecule has 0 radical (unpaired) electrons. The van der Waals surface area contributed by atoms with Crippen LogP contribution in [0.25, 0.3) is 5.57 Å². The summed E-state index contributed by atoms with van der Waals surface area (Å²) in [6.07, 6.45) is 5.85. The number of nitrogens with zero attached hydrogens (tertiary/aromatic N) is 2. The lowest BCUT2D eigenvalue weighted by atomic mass is 10.00. The van der Waals surface area contributed by atoms with Gasteiger partial charge in [-0.3, -0.25) is 9.59 Å². The number of halogens is 2. The van der Waals surface area contributed by atoms with Gasteiger partial charge in [0.25, 0.3) is 5.92 Å². The zero-order chi connectivity index (χ0) is 15.2. The molecule has 7 heteroatoms. The van der Waals surface area contributed by atoms with Crippen molar-refractivity contribution in [1.29, 1.82) is 0 Å². The van der Waals surface area contributed by atoms with Gasteiger partial charge in [0.2, 0.25) is 5.91 Å². The third kappa shape index (κ3) is 2.29. The van der Waals surface area contributed by atoms with Crippen molar-refractivity contribution in [3.05, 3.63) is 29.2 Å². The van der Waals surface area contributed by atoms with Crippen LogP contribution in [0.2, 0.25) is 0 Å². The molecular weight excluding hydrogens is 280 g/mol. The Kier molecular flexibility index (Phi) is 2.83. The van der Waals surface area contributed by atoms with Crippen molar-refractivity contribution in [2.24, 2.45) is 0 Å². The zero-order valence-corrected chi connectivity index (χ0v) is 10.7. The average Bonchev–Trinajstić information content (AvgIpc) is 3.07. The summed E-state index contributed by atoms with van der Waals surface area (Å²) in [5.41, 5.74) is 0.527. The van der Waals surface area contributed by atoms with Crippen LogP contribution >= 0.6 is 0 Å². The maximum atomic E-state index is 13.2. The number of hydrogen-bond donors (Lipinski definition) is 1. The second kappa shape index (κ2) is 4.45. The molecule has 1 aliphatic heterocycles. The normalized spacial score (nSPS) is 23.1. The minimum Gasteiger partial charge on any atom is -0.331 e. The Morgan fingerprint density at radius 1 is 1.38 bits per heavy atom. The van der Waals surface area contributed by atoms with E-state index in [1.165, 1.54) is 12.3 Å². The van der Waals surface area contributed by atoms with E-state index in [-0.39, 0.29) is 35.4 Å². The van der Waals surface area contributed by atoms with Gasteiger partial charge >= 0.3 is 0 Å². The van der Waals surface area contributed by atoms with Crippen LogP contribution < -0.4 is 5.32 Å². The van der Waals surface area contributed by atoms with E-state index in [1.807, 2.05) is 0 Å². The van der Waals surface area contributed by atoms with Crippen molar-refractivity contribution in [2.75, 3.05) is 0 Å². The number of Topliss-reactive ketones (excluding diaryl/α,β-unsaturated/α-hetero) is 1. The van der Waals surface area contributed by atoms with Crippen LogP contribution in [0.3, 0.4) is 0 Å². The highest BCUT2D eigenvalue weighted by atomic mass is 19.3. The summed E-state index contributed by atoms with van der Waals surface area (Å²) in [6.45, 7) is 0. The zero-order valence-electron chi connectivity index (χ0n) is 10.7. The van der Waals surface area contributed by atoms with Gasteiger partial charge in [-0.2, -0.15) is 0 Å². The molecular formula is C14H9F2N3O2. The second-order valence-corrected chi connectivity index (χ2v) is 4.92. The molecule has 1 atom stereocenters. The average molecular weight is 289 g/mol. The molecule has 2 heterocycles. The highest BCUT2D eigenvalue weighted by molar-refractivity contribution is 6.27. The first-order valence-electron chi connectivity index (χ1n) is 6.17. The lowest BCUT2D eigenvalue weighted by Crippen LogP contribution is -2.27. The Balaban J connectivity index is 2.02. The molecule has 21 heavy (non-hydrogen) atoms. The SMILES string of the molecule is C#Cc1nnc(C2=CNC(=O)CC2=O)cc1[C@@H]1CC1(F)F. The van der Waals surface area contributed by atoms with Crippen molar-refractivity contribution >= 4 is 17.3 Å². The summed E-state index contributed by atoms with van der Waals surface area (Å²) in [5, 5.41) is 9.91.